The summed E-state index contributed by atoms with van der Waals surface area (Å²) < 4.78 is 0. The number of anilines is 1. The van der Waals surface area contributed by atoms with E-state index in [0.717, 1.165) is 25.2 Å². The molecule has 5 heteroatoms. The first-order chi connectivity index (χ1) is 9.63. The van der Waals surface area contributed by atoms with Crippen molar-refractivity contribution in [3.63, 3.8) is 0 Å². The van der Waals surface area contributed by atoms with E-state index in [2.05, 4.69) is 9.80 Å². The Labute approximate surface area is 119 Å². The van der Waals surface area contributed by atoms with Crippen molar-refractivity contribution in [2.75, 3.05) is 31.9 Å². The van der Waals surface area contributed by atoms with Crippen LogP contribution in [0.25, 0.3) is 0 Å². The van der Waals surface area contributed by atoms with Gasteiger partial charge in [0.25, 0.3) is 5.91 Å². The third kappa shape index (κ3) is 2.64. The van der Waals surface area contributed by atoms with Crippen molar-refractivity contribution in [2.45, 2.75) is 25.4 Å². The number of hydrogen-bond donors (Lipinski definition) is 2. The highest BCUT2D eigenvalue weighted by Crippen LogP contribution is 2.23. The van der Waals surface area contributed by atoms with Crippen LogP contribution in [-0.4, -0.2) is 47.9 Å². The van der Waals surface area contributed by atoms with Crippen molar-refractivity contribution < 1.29 is 4.79 Å². The van der Waals surface area contributed by atoms with Crippen molar-refractivity contribution in [1.82, 2.24) is 9.80 Å². The van der Waals surface area contributed by atoms with Crippen LogP contribution < -0.4 is 11.5 Å². The van der Waals surface area contributed by atoms with Crippen molar-refractivity contribution >= 4 is 11.6 Å². The molecule has 3 fully saturated rings. The molecule has 0 spiro atoms. The van der Waals surface area contributed by atoms with Crippen LogP contribution in [0.2, 0.25) is 0 Å². The Hall–Kier alpha value is -1.59. The molecule has 0 atom stereocenters. The Morgan fingerprint density at radius 1 is 1.20 bits per heavy atom. The van der Waals surface area contributed by atoms with Gasteiger partial charge in [-0.2, -0.15) is 0 Å². The molecule has 0 aliphatic carbocycles. The van der Waals surface area contributed by atoms with E-state index >= 15 is 0 Å². The Morgan fingerprint density at radius 3 is 2.60 bits per heavy atom. The van der Waals surface area contributed by atoms with Crippen molar-refractivity contribution in [2.24, 2.45) is 5.73 Å². The largest absolute Gasteiger partial charge is 0.398 e. The number of hydrogen-bond acceptors (Lipinski definition) is 4. The number of nitrogens with two attached hydrogens (primary N) is 2. The summed E-state index contributed by atoms with van der Waals surface area (Å²) in [7, 11) is 0. The molecule has 0 aromatic heterocycles. The minimum Gasteiger partial charge on any atom is -0.398 e. The maximum atomic E-state index is 11.2. The third-order valence-corrected chi connectivity index (χ3v) is 4.54. The number of carbonyl (C=O) groups is 1. The number of nitrogen functional groups attached to an aromatic ring is 1. The summed E-state index contributed by atoms with van der Waals surface area (Å²) in [5.74, 6) is -0.463. The molecule has 2 bridgehead atoms. The standard InChI is InChI=1S/C15H22N4O/c16-14-9-11(1-2-13(14)15(17)20)10-19-8-7-18-5-3-12(19)4-6-18/h1-2,9,12H,3-8,10,16H2,(H2,17,20). The molecule has 4 rings (SSSR count). The van der Waals surface area contributed by atoms with Gasteiger partial charge < -0.3 is 16.4 Å². The van der Waals surface area contributed by atoms with Gasteiger partial charge in [0.05, 0.1) is 5.56 Å². The zero-order chi connectivity index (χ0) is 14.1. The van der Waals surface area contributed by atoms with Gasteiger partial charge in [-0.15, -0.1) is 0 Å². The Kier molecular flexibility index (Phi) is 3.63. The molecule has 0 radical (unpaired) electrons. The molecule has 3 aliphatic rings. The highest BCUT2D eigenvalue weighted by atomic mass is 16.1. The lowest BCUT2D eigenvalue weighted by atomic mass is 10.0. The second-order valence-corrected chi connectivity index (χ2v) is 5.83. The van der Waals surface area contributed by atoms with Crippen LogP contribution in [0.3, 0.4) is 0 Å². The third-order valence-electron chi connectivity index (χ3n) is 4.54. The van der Waals surface area contributed by atoms with Gasteiger partial charge in [0.15, 0.2) is 0 Å². The summed E-state index contributed by atoms with van der Waals surface area (Å²) in [6, 6.07) is 6.28. The smallest absolute Gasteiger partial charge is 0.250 e. The molecule has 0 unspecified atom stereocenters. The molecule has 4 N–H and O–H groups in total. The number of nitrogens with zero attached hydrogens (tertiary/aromatic N) is 2. The molecule has 20 heavy (non-hydrogen) atoms. The molecule has 1 aromatic rings. The van der Waals surface area contributed by atoms with Crippen molar-refractivity contribution in [3.8, 4) is 0 Å². The van der Waals surface area contributed by atoms with Gasteiger partial charge in [-0.1, -0.05) is 6.07 Å². The van der Waals surface area contributed by atoms with Crippen molar-refractivity contribution in [1.29, 1.82) is 0 Å². The average Bonchev–Trinajstić information content (AvgIpc) is 2.72. The van der Waals surface area contributed by atoms with E-state index in [1.807, 2.05) is 12.1 Å². The van der Waals surface area contributed by atoms with Gasteiger partial charge in [0, 0.05) is 31.4 Å². The second-order valence-electron chi connectivity index (χ2n) is 5.83. The first-order valence-corrected chi connectivity index (χ1v) is 7.28. The number of rotatable bonds is 3. The highest BCUT2D eigenvalue weighted by molar-refractivity contribution is 5.97. The van der Waals surface area contributed by atoms with E-state index in [9.17, 15) is 4.79 Å². The topological polar surface area (TPSA) is 75.6 Å². The summed E-state index contributed by atoms with van der Waals surface area (Å²) in [6.45, 7) is 5.63. The first-order valence-electron chi connectivity index (χ1n) is 7.28. The fourth-order valence-corrected chi connectivity index (χ4v) is 3.34. The Balaban J connectivity index is 1.74. The minimum atomic E-state index is -0.463. The number of carbonyl (C=O) groups excluding carboxylic acids is 1. The predicted molar refractivity (Wildman–Crippen MR) is 79.2 cm³/mol. The molecule has 3 aliphatic heterocycles. The van der Waals surface area contributed by atoms with Gasteiger partial charge in [-0.3, -0.25) is 9.69 Å². The van der Waals surface area contributed by atoms with Crippen LogP contribution >= 0.6 is 0 Å². The summed E-state index contributed by atoms with van der Waals surface area (Å²) in [5, 5.41) is 0. The molecule has 108 valence electrons. The number of amides is 1. The van der Waals surface area contributed by atoms with E-state index in [-0.39, 0.29) is 0 Å². The Morgan fingerprint density at radius 2 is 1.95 bits per heavy atom. The highest BCUT2D eigenvalue weighted by Gasteiger charge is 2.28. The normalized spacial score (nSPS) is 26.4. The lowest BCUT2D eigenvalue weighted by Crippen LogP contribution is -2.37. The SMILES string of the molecule is NC(=O)c1ccc(CN2CCN3CCC2CC3)cc1N. The van der Waals surface area contributed by atoms with Crippen LogP contribution in [0.15, 0.2) is 18.2 Å². The number of benzene rings is 1. The molecule has 1 amide bonds. The summed E-state index contributed by atoms with van der Waals surface area (Å²) in [6.07, 6.45) is 2.52. The number of fused-ring (bicyclic) bond motifs is 4. The quantitative estimate of drug-likeness (QED) is 0.794. The van der Waals surface area contributed by atoms with Gasteiger partial charge in [-0.05, 0) is 43.6 Å². The minimum absolute atomic E-state index is 0.414. The van der Waals surface area contributed by atoms with E-state index in [1.54, 1.807) is 6.07 Å². The monoisotopic (exact) mass is 274 g/mol. The molecule has 5 nitrogen and oxygen atoms in total. The van der Waals surface area contributed by atoms with Crippen LogP contribution in [0.5, 0.6) is 0 Å². The predicted octanol–water partition coefficient (Wildman–Crippen LogP) is 0.648. The van der Waals surface area contributed by atoms with Crippen LogP contribution in [0, 0.1) is 0 Å². The van der Waals surface area contributed by atoms with E-state index in [0.29, 0.717) is 17.3 Å². The van der Waals surface area contributed by atoms with Crippen LogP contribution in [0.4, 0.5) is 5.69 Å². The van der Waals surface area contributed by atoms with E-state index < -0.39 is 5.91 Å². The van der Waals surface area contributed by atoms with Crippen LogP contribution in [0.1, 0.15) is 28.8 Å². The Bertz CT molecular complexity index is 509. The molecule has 3 heterocycles. The molecular formula is C15H22N4O. The molecule has 0 saturated carbocycles. The fourth-order valence-electron chi connectivity index (χ4n) is 3.34. The van der Waals surface area contributed by atoms with Crippen LogP contribution in [-0.2, 0) is 6.54 Å². The zero-order valence-electron chi connectivity index (χ0n) is 11.7. The van der Waals surface area contributed by atoms with Gasteiger partial charge in [0.2, 0.25) is 0 Å². The molecule has 1 aromatic carbocycles. The van der Waals surface area contributed by atoms with Gasteiger partial charge >= 0.3 is 0 Å². The van der Waals surface area contributed by atoms with Gasteiger partial charge in [-0.25, -0.2) is 0 Å². The second kappa shape index (κ2) is 5.42. The maximum Gasteiger partial charge on any atom is 0.250 e. The van der Waals surface area contributed by atoms with Crippen molar-refractivity contribution in [3.05, 3.63) is 29.3 Å². The summed E-state index contributed by atoms with van der Waals surface area (Å²) >= 11 is 0. The molecular weight excluding hydrogens is 252 g/mol. The summed E-state index contributed by atoms with van der Waals surface area (Å²) in [4.78, 5) is 16.3. The lowest BCUT2D eigenvalue weighted by molar-refractivity contribution is 0.100. The number of primary amides is 1. The van der Waals surface area contributed by atoms with E-state index in [4.69, 9.17) is 11.5 Å². The summed E-state index contributed by atoms with van der Waals surface area (Å²) in [5.41, 5.74) is 13.2. The maximum absolute atomic E-state index is 11.2. The van der Waals surface area contributed by atoms with Gasteiger partial charge in [0.1, 0.15) is 0 Å². The zero-order valence-corrected chi connectivity index (χ0v) is 11.7. The first kappa shape index (κ1) is 13.4. The number of piperidine rings is 1. The molecule has 3 saturated heterocycles. The average molecular weight is 274 g/mol. The van der Waals surface area contributed by atoms with E-state index in [1.165, 1.54) is 25.9 Å². The lowest BCUT2D eigenvalue weighted by Gasteiger charge is -2.31. The fraction of sp³-hybridized carbons (Fsp3) is 0.533.